The number of nitrogen functional groups attached to an aromatic ring is 1. The maximum atomic E-state index is 10.0. The number of nitrogens with one attached hydrogen (secondary N) is 1. The lowest BCUT2D eigenvalue weighted by Crippen LogP contribution is -2.52. The highest BCUT2D eigenvalue weighted by Crippen LogP contribution is 2.31. The zero-order valence-corrected chi connectivity index (χ0v) is 12.3. The zero-order valence-electron chi connectivity index (χ0n) is 12.3. The van der Waals surface area contributed by atoms with Gasteiger partial charge in [-0.05, 0) is 31.2 Å². The van der Waals surface area contributed by atoms with Gasteiger partial charge in [-0.25, -0.2) is 5.43 Å². The molecule has 110 valence electrons. The van der Waals surface area contributed by atoms with Crippen LogP contribution in [-0.2, 0) is 0 Å². The number of aliphatic hydroxyl groups is 1. The summed E-state index contributed by atoms with van der Waals surface area (Å²) in [7, 11) is 0. The summed E-state index contributed by atoms with van der Waals surface area (Å²) in [6, 6.07) is 16.2. The van der Waals surface area contributed by atoms with Crippen molar-refractivity contribution in [3.63, 3.8) is 0 Å². The van der Waals surface area contributed by atoms with E-state index >= 15 is 0 Å². The molecule has 4 nitrogen and oxygen atoms in total. The number of hydrogen-bond donors (Lipinski definition) is 3. The molecule has 2 atom stereocenters. The third kappa shape index (κ3) is 2.86. The number of nitrogens with two attached hydrogens (primary N) is 1. The van der Waals surface area contributed by atoms with E-state index in [4.69, 9.17) is 5.73 Å². The maximum Gasteiger partial charge on any atom is 0.157 e. The summed E-state index contributed by atoms with van der Waals surface area (Å²) in [5.74, 6) is 0. The van der Waals surface area contributed by atoms with Crippen molar-refractivity contribution in [1.82, 2.24) is 4.59 Å². The molecule has 1 heterocycles. The second-order valence-corrected chi connectivity index (χ2v) is 5.89. The summed E-state index contributed by atoms with van der Waals surface area (Å²) in [4.78, 5) is 0. The summed E-state index contributed by atoms with van der Waals surface area (Å²) in [5.41, 5.74) is 13.6. The van der Waals surface area contributed by atoms with E-state index in [9.17, 15) is 5.11 Å². The molecule has 2 unspecified atom stereocenters. The Morgan fingerprint density at radius 1 is 1.10 bits per heavy atom. The summed E-state index contributed by atoms with van der Waals surface area (Å²) < 4.78 is 0.560. The molecular formula is C17H22N3O+. The third-order valence-electron chi connectivity index (χ3n) is 4.15. The Morgan fingerprint density at radius 2 is 1.76 bits per heavy atom. The second kappa shape index (κ2) is 5.39. The van der Waals surface area contributed by atoms with Gasteiger partial charge in [0.15, 0.2) is 5.69 Å². The van der Waals surface area contributed by atoms with Crippen molar-refractivity contribution in [2.45, 2.75) is 19.4 Å². The SMILES string of the molecule is Cc1ccc(N[N+]2(c3ccc(N)cc3)CCC(O)C2)cc1. The molecule has 1 aliphatic rings. The monoisotopic (exact) mass is 284 g/mol. The van der Waals surface area contributed by atoms with Crippen molar-refractivity contribution >= 4 is 17.1 Å². The smallest absolute Gasteiger partial charge is 0.157 e. The molecule has 4 heteroatoms. The van der Waals surface area contributed by atoms with Crippen molar-refractivity contribution in [1.29, 1.82) is 0 Å². The summed E-state index contributed by atoms with van der Waals surface area (Å²) in [6.45, 7) is 3.60. The quantitative estimate of drug-likeness (QED) is 0.600. The highest BCUT2D eigenvalue weighted by atomic mass is 16.3. The minimum atomic E-state index is -0.277. The molecular weight excluding hydrogens is 262 g/mol. The van der Waals surface area contributed by atoms with Gasteiger partial charge in [-0.1, -0.05) is 17.7 Å². The molecule has 0 amide bonds. The third-order valence-corrected chi connectivity index (χ3v) is 4.15. The van der Waals surface area contributed by atoms with Gasteiger partial charge in [-0.3, -0.25) is 0 Å². The Hall–Kier alpha value is -2.04. The average Bonchev–Trinajstić information content (AvgIpc) is 2.84. The molecule has 2 aromatic rings. The van der Waals surface area contributed by atoms with E-state index in [-0.39, 0.29) is 6.10 Å². The van der Waals surface area contributed by atoms with Crippen molar-refractivity contribution in [3.8, 4) is 0 Å². The highest BCUT2D eigenvalue weighted by Gasteiger charge is 2.40. The molecule has 1 fully saturated rings. The van der Waals surface area contributed by atoms with Crippen LogP contribution in [0, 0.1) is 6.92 Å². The van der Waals surface area contributed by atoms with Crippen LogP contribution >= 0.6 is 0 Å². The Morgan fingerprint density at radius 3 is 2.33 bits per heavy atom. The lowest BCUT2D eigenvalue weighted by Gasteiger charge is -2.34. The van der Waals surface area contributed by atoms with Crippen LogP contribution in [0.15, 0.2) is 48.5 Å². The molecule has 0 radical (unpaired) electrons. The molecule has 0 aliphatic carbocycles. The molecule has 4 N–H and O–H groups in total. The first-order valence-electron chi connectivity index (χ1n) is 7.34. The van der Waals surface area contributed by atoms with Gasteiger partial charge in [0.05, 0.1) is 5.69 Å². The van der Waals surface area contributed by atoms with Crippen LogP contribution in [0.3, 0.4) is 0 Å². The Bertz CT molecular complexity index is 609. The molecule has 1 aliphatic heterocycles. The highest BCUT2D eigenvalue weighted by molar-refractivity contribution is 5.56. The average molecular weight is 284 g/mol. The lowest BCUT2D eigenvalue weighted by atomic mass is 10.2. The predicted molar refractivity (Wildman–Crippen MR) is 87.8 cm³/mol. The lowest BCUT2D eigenvalue weighted by molar-refractivity contribution is 0.182. The summed E-state index contributed by atoms with van der Waals surface area (Å²) in [5, 5.41) is 10.0. The van der Waals surface area contributed by atoms with Crippen molar-refractivity contribution in [2.75, 3.05) is 24.2 Å². The first-order valence-corrected chi connectivity index (χ1v) is 7.34. The topological polar surface area (TPSA) is 58.3 Å². The van der Waals surface area contributed by atoms with E-state index in [1.807, 2.05) is 24.3 Å². The Balaban J connectivity index is 1.93. The Labute approximate surface area is 125 Å². The van der Waals surface area contributed by atoms with Gasteiger partial charge in [0, 0.05) is 24.2 Å². The fraction of sp³-hybridized carbons (Fsp3) is 0.294. The molecule has 0 spiro atoms. The van der Waals surface area contributed by atoms with Crippen molar-refractivity contribution in [3.05, 3.63) is 54.1 Å². The maximum absolute atomic E-state index is 10.0. The van der Waals surface area contributed by atoms with Crippen LogP contribution < -0.4 is 15.8 Å². The number of anilines is 2. The molecule has 1 saturated heterocycles. The van der Waals surface area contributed by atoms with E-state index in [0.29, 0.717) is 11.1 Å². The van der Waals surface area contributed by atoms with Crippen LogP contribution in [-0.4, -0.2) is 24.3 Å². The van der Waals surface area contributed by atoms with Crippen molar-refractivity contribution < 1.29 is 5.11 Å². The van der Waals surface area contributed by atoms with Gasteiger partial charge in [-0.2, -0.15) is 4.59 Å². The van der Waals surface area contributed by atoms with E-state index in [1.165, 1.54) is 5.56 Å². The van der Waals surface area contributed by atoms with Gasteiger partial charge in [0.2, 0.25) is 0 Å². The molecule has 3 rings (SSSR count). The predicted octanol–water partition coefficient (Wildman–Crippen LogP) is 2.68. The first-order chi connectivity index (χ1) is 10.1. The number of aliphatic hydroxyl groups excluding tert-OH is 1. The second-order valence-electron chi connectivity index (χ2n) is 5.89. The van der Waals surface area contributed by atoms with Gasteiger partial charge in [0.25, 0.3) is 0 Å². The van der Waals surface area contributed by atoms with Gasteiger partial charge >= 0.3 is 0 Å². The zero-order chi connectivity index (χ0) is 14.9. The summed E-state index contributed by atoms with van der Waals surface area (Å²) in [6.07, 6.45) is 0.518. The van der Waals surface area contributed by atoms with E-state index in [1.54, 1.807) is 0 Å². The Kier molecular flexibility index (Phi) is 3.57. The molecule has 0 bridgehead atoms. The number of benzene rings is 2. The number of hydrogen-bond acceptors (Lipinski definition) is 3. The largest absolute Gasteiger partial charge is 0.399 e. The van der Waals surface area contributed by atoms with Gasteiger partial charge in [-0.15, -0.1) is 0 Å². The van der Waals surface area contributed by atoms with Crippen molar-refractivity contribution in [2.24, 2.45) is 0 Å². The van der Waals surface area contributed by atoms with E-state index < -0.39 is 0 Å². The molecule has 0 aromatic heterocycles. The first kappa shape index (κ1) is 13.9. The van der Waals surface area contributed by atoms with E-state index in [0.717, 1.165) is 30.0 Å². The standard InChI is InChI=1S/C17H22N3O/c1-13-2-6-15(7-3-13)19-20(11-10-17(21)12-20)16-8-4-14(18)5-9-16/h2-9,17,19,21H,10-12,18H2,1H3/q+1. The number of quaternary nitrogens is 1. The normalized spacial score (nSPS) is 25.0. The summed E-state index contributed by atoms with van der Waals surface area (Å²) >= 11 is 0. The number of rotatable bonds is 3. The van der Waals surface area contributed by atoms with Crippen LogP contribution in [0.1, 0.15) is 12.0 Å². The van der Waals surface area contributed by atoms with Crippen LogP contribution in [0.4, 0.5) is 17.1 Å². The van der Waals surface area contributed by atoms with Crippen LogP contribution in [0.5, 0.6) is 0 Å². The van der Waals surface area contributed by atoms with Crippen LogP contribution in [0.25, 0.3) is 0 Å². The van der Waals surface area contributed by atoms with E-state index in [2.05, 4.69) is 36.6 Å². The molecule has 2 aromatic carbocycles. The fourth-order valence-electron chi connectivity index (χ4n) is 2.95. The fourth-order valence-corrected chi connectivity index (χ4v) is 2.95. The molecule has 21 heavy (non-hydrogen) atoms. The minimum Gasteiger partial charge on any atom is -0.399 e. The minimum absolute atomic E-state index is 0.277. The number of aryl methyl sites for hydroxylation is 1. The van der Waals surface area contributed by atoms with Gasteiger partial charge < -0.3 is 10.8 Å². The van der Waals surface area contributed by atoms with Crippen LogP contribution in [0.2, 0.25) is 0 Å². The number of nitrogens with zero attached hydrogens (tertiary/aromatic N) is 1. The molecule has 0 saturated carbocycles. The van der Waals surface area contributed by atoms with Gasteiger partial charge in [0.1, 0.15) is 19.2 Å².